The van der Waals surface area contributed by atoms with E-state index in [1.165, 1.54) is 0 Å². The van der Waals surface area contributed by atoms with Crippen LogP contribution in [0.15, 0.2) is 18.2 Å². The quantitative estimate of drug-likeness (QED) is 0.787. The van der Waals surface area contributed by atoms with Crippen LogP contribution >= 0.6 is 0 Å². The highest BCUT2D eigenvalue weighted by molar-refractivity contribution is 6.74. The zero-order chi connectivity index (χ0) is 12.6. The van der Waals surface area contributed by atoms with Crippen molar-refractivity contribution in [3.63, 3.8) is 0 Å². The third kappa shape index (κ3) is 2.58. The first-order valence-electron chi connectivity index (χ1n) is 5.63. The van der Waals surface area contributed by atoms with E-state index in [-0.39, 0.29) is 10.8 Å². The first-order valence-corrected chi connectivity index (χ1v) is 8.53. The van der Waals surface area contributed by atoms with Crippen molar-refractivity contribution in [1.29, 1.82) is 0 Å². The molecule has 0 bridgehead atoms. The van der Waals surface area contributed by atoms with Crippen LogP contribution in [0.2, 0.25) is 18.1 Å². The lowest BCUT2D eigenvalue weighted by atomic mass is 10.2. The Bertz CT molecular complexity index is 378. The second-order valence-electron chi connectivity index (χ2n) is 5.78. The van der Waals surface area contributed by atoms with Crippen LogP contribution in [-0.2, 0) is 0 Å². The molecule has 2 nitrogen and oxygen atoms in total. The number of aryl methyl sites for hydroxylation is 1. The Kier molecular flexibility index (Phi) is 3.38. The molecule has 3 heteroatoms. The summed E-state index contributed by atoms with van der Waals surface area (Å²) in [6.07, 6.45) is 0. The molecule has 0 aromatic heterocycles. The Morgan fingerprint density at radius 3 is 2.25 bits per heavy atom. The Hall–Kier alpha value is -0.963. The van der Waals surface area contributed by atoms with E-state index in [4.69, 9.17) is 4.43 Å². The summed E-state index contributed by atoms with van der Waals surface area (Å²) in [7, 11) is -1.86. The van der Waals surface area contributed by atoms with Gasteiger partial charge in [0.1, 0.15) is 5.75 Å². The molecule has 0 saturated carbocycles. The van der Waals surface area contributed by atoms with E-state index in [0.29, 0.717) is 5.75 Å². The van der Waals surface area contributed by atoms with Crippen molar-refractivity contribution in [1.82, 2.24) is 0 Å². The molecule has 0 fully saturated rings. The zero-order valence-corrected chi connectivity index (χ0v) is 12.1. The topological polar surface area (TPSA) is 29.5 Å². The summed E-state index contributed by atoms with van der Waals surface area (Å²) in [6, 6.07) is 5.63. The maximum atomic E-state index is 9.92. The van der Waals surface area contributed by atoms with Gasteiger partial charge >= 0.3 is 0 Å². The van der Waals surface area contributed by atoms with E-state index in [2.05, 4.69) is 33.9 Å². The fourth-order valence-corrected chi connectivity index (χ4v) is 2.16. The van der Waals surface area contributed by atoms with Gasteiger partial charge in [-0.2, -0.15) is 0 Å². The highest BCUT2D eigenvalue weighted by Crippen LogP contribution is 2.40. The monoisotopic (exact) mass is 238 g/mol. The average molecular weight is 238 g/mol. The number of hydrogen-bond acceptors (Lipinski definition) is 2. The highest BCUT2D eigenvalue weighted by atomic mass is 28.4. The number of rotatable bonds is 2. The van der Waals surface area contributed by atoms with Crippen LogP contribution in [-0.4, -0.2) is 13.4 Å². The van der Waals surface area contributed by atoms with Gasteiger partial charge in [0.05, 0.1) is 0 Å². The van der Waals surface area contributed by atoms with Crippen LogP contribution in [0.4, 0.5) is 0 Å². The molecule has 0 aliphatic rings. The molecular weight excluding hydrogens is 216 g/mol. The van der Waals surface area contributed by atoms with Crippen LogP contribution in [0, 0.1) is 6.92 Å². The SMILES string of the molecule is Cc1cccc(O[Si](C)(C)C(C)(C)C)c1O. The minimum absolute atomic E-state index is 0.142. The van der Waals surface area contributed by atoms with E-state index < -0.39 is 8.32 Å². The van der Waals surface area contributed by atoms with Gasteiger partial charge in [0.2, 0.25) is 0 Å². The van der Waals surface area contributed by atoms with Crippen LogP contribution < -0.4 is 4.43 Å². The van der Waals surface area contributed by atoms with Crippen LogP contribution in [0.1, 0.15) is 26.3 Å². The summed E-state index contributed by atoms with van der Waals surface area (Å²) in [5.74, 6) is 0.888. The molecule has 1 N–H and O–H groups in total. The summed E-state index contributed by atoms with van der Waals surface area (Å²) in [6.45, 7) is 12.8. The molecule has 16 heavy (non-hydrogen) atoms. The molecule has 0 unspecified atom stereocenters. The molecule has 0 atom stereocenters. The van der Waals surface area contributed by atoms with Crippen molar-refractivity contribution in [3.05, 3.63) is 23.8 Å². The predicted molar refractivity (Wildman–Crippen MR) is 70.7 cm³/mol. The smallest absolute Gasteiger partial charge is 0.250 e. The molecule has 0 spiro atoms. The summed E-state index contributed by atoms with van der Waals surface area (Å²) in [4.78, 5) is 0. The number of phenolic OH excluding ortho intramolecular Hbond substituents is 1. The van der Waals surface area contributed by atoms with Crippen LogP contribution in [0.3, 0.4) is 0 Å². The Labute approximate surface area is 99.4 Å². The molecule has 90 valence electrons. The van der Waals surface area contributed by atoms with E-state index in [1.54, 1.807) is 0 Å². The van der Waals surface area contributed by atoms with E-state index in [0.717, 1.165) is 5.56 Å². The summed E-state index contributed by atoms with van der Waals surface area (Å²) in [5, 5.41) is 10.1. The second-order valence-corrected chi connectivity index (χ2v) is 10.5. The largest absolute Gasteiger partial charge is 0.541 e. The molecule has 0 aliphatic carbocycles. The lowest BCUT2D eigenvalue weighted by molar-refractivity contribution is 0.419. The van der Waals surface area contributed by atoms with Gasteiger partial charge in [0, 0.05) is 0 Å². The minimum atomic E-state index is -1.86. The lowest BCUT2D eigenvalue weighted by Crippen LogP contribution is -2.43. The van der Waals surface area contributed by atoms with Crippen molar-refractivity contribution in [2.75, 3.05) is 0 Å². The van der Waals surface area contributed by atoms with E-state index in [1.807, 2.05) is 25.1 Å². The van der Waals surface area contributed by atoms with Gasteiger partial charge in [-0.05, 0) is 36.7 Å². The molecule has 0 radical (unpaired) electrons. The van der Waals surface area contributed by atoms with Crippen molar-refractivity contribution in [2.45, 2.75) is 45.8 Å². The zero-order valence-electron chi connectivity index (χ0n) is 11.1. The summed E-state index contributed by atoms with van der Waals surface area (Å²) < 4.78 is 6.07. The third-order valence-electron chi connectivity index (χ3n) is 3.37. The predicted octanol–water partition coefficient (Wildman–Crippen LogP) is 4.08. The van der Waals surface area contributed by atoms with Crippen molar-refractivity contribution < 1.29 is 9.53 Å². The molecule has 1 aromatic carbocycles. The maximum Gasteiger partial charge on any atom is 0.250 e. The molecular formula is C13H22O2Si. The second kappa shape index (κ2) is 4.13. The van der Waals surface area contributed by atoms with Gasteiger partial charge in [0.15, 0.2) is 5.75 Å². The molecule has 0 heterocycles. The van der Waals surface area contributed by atoms with Crippen molar-refractivity contribution in [2.24, 2.45) is 0 Å². The van der Waals surface area contributed by atoms with Crippen LogP contribution in [0.25, 0.3) is 0 Å². The fourth-order valence-electron chi connectivity index (χ4n) is 1.14. The summed E-state index contributed by atoms with van der Waals surface area (Å²) >= 11 is 0. The number of phenols is 1. The minimum Gasteiger partial charge on any atom is -0.541 e. The number of benzene rings is 1. The molecule has 0 amide bonds. The Morgan fingerprint density at radius 1 is 1.19 bits per heavy atom. The normalized spacial score (nSPS) is 12.6. The van der Waals surface area contributed by atoms with Crippen molar-refractivity contribution in [3.8, 4) is 11.5 Å². The molecule has 1 rings (SSSR count). The first kappa shape index (κ1) is 13.1. The highest BCUT2D eigenvalue weighted by Gasteiger charge is 2.39. The standard InChI is InChI=1S/C13H22O2Si/c1-10-8-7-9-11(12(10)14)15-16(5,6)13(2,3)4/h7-9,14H,1-6H3. The number of aromatic hydroxyl groups is 1. The van der Waals surface area contributed by atoms with E-state index >= 15 is 0 Å². The van der Waals surface area contributed by atoms with Gasteiger partial charge in [-0.1, -0.05) is 32.9 Å². The fraction of sp³-hybridized carbons (Fsp3) is 0.538. The number of para-hydroxylation sites is 1. The van der Waals surface area contributed by atoms with E-state index in [9.17, 15) is 5.11 Å². The Balaban J connectivity index is 3.02. The summed E-state index contributed by atoms with van der Waals surface area (Å²) in [5.41, 5.74) is 0.858. The van der Waals surface area contributed by atoms with Gasteiger partial charge in [0.25, 0.3) is 8.32 Å². The van der Waals surface area contributed by atoms with Gasteiger partial charge in [-0.25, -0.2) is 0 Å². The third-order valence-corrected chi connectivity index (χ3v) is 7.71. The molecule has 0 aliphatic heterocycles. The molecule has 0 saturated heterocycles. The first-order chi connectivity index (χ1) is 7.15. The van der Waals surface area contributed by atoms with Gasteiger partial charge < -0.3 is 9.53 Å². The van der Waals surface area contributed by atoms with Gasteiger partial charge in [-0.15, -0.1) is 0 Å². The Morgan fingerprint density at radius 2 is 1.75 bits per heavy atom. The van der Waals surface area contributed by atoms with Crippen LogP contribution in [0.5, 0.6) is 11.5 Å². The maximum absolute atomic E-state index is 9.92. The number of hydrogen-bond donors (Lipinski definition) is 1. The molecule has 1 aromatic rings. The lowest BCUT2D eigenvalue weighted by Gasteiger charge is -2.36. The van der Waals surface area contributed by atoms with Crippen molar-refractivity contribution >= 4 is 8.32 Å². The van der Waals surface area contributed by atoms with Gasteiger partial charge in [-0.3, -0.25) is 0 Å². The average Bonchev–Trinajstić information content (AvgIpc) is 2.11.